The van der Waals surface area contributed by atoms with Gasteiger partial charge in [0.1, 0.15) is 5.00 Å². The number of hydrogen-bond acceptors (Lipinski definition) is 5. The van der Waals surface area contributed by atoms with Crippen molar-refractivity contribution in [3.05, 3.63) is 51.4 Å². The topological polar surface area (TPSA) is 64.6 Å². The third kappa shape index (κ3) is 3.98. The van der Waals surface area contributed by atoms with Gasteiger partial charge in [-0.2, -0.15) is 13.2 Å². The summed E-state index contributed by atoms with van der Waals surface area (Å²) in [4.78, 5) is 25.6. The van der Waals surface area contributed by atoms with Gasteiger partial charge in [0.2, 0.25) is 0 Å². The van der Waals surface area contributed by atoms with Crippen LogP contribution >= 0.6 is 11.3 Å². The minimum Gasteiger partial charge on any atom is -0.462 e. The Morgan fingerprint density at radius 3 is 2.74 bits per heavy atom. The van der Waals surface area contributed by atoms with Crippen molar-refractivity contribution in [3.63, 3.8) is 0 Å². The molecule has 1 amide bonds. The second-order valence-electron chi connectivity index (χ2n) is 5.73. The molecule has 0 aliphatic carbocycles. The minimum atomic E-state index is -4.67. The highest BCUT2D eigenvalue weighted by Gasteiger charge is 2.35. The first kappa shape index (κ1) is 19.4. The number of esters is 1. The number of ether oxygens (including phenoxy) is 2. The lowest BCUT2D eigenvalue weighted by atomic mass is 10.0. The van der Waals surface area contributed by atoms with Crippen LogP contribution in [-0.2, 0) is 28.7 Å². The summed E-state index contributed by atoms with van der Waals surface area (Å²) in [5.74, 6) is -1.55. The fourth-order valence-corrected chi connectivity index (χ4v) is 4.01. The van der Waals surface area contributed by atoms with Crippen molar-refractivity contribution in [1.82, 2.24) is 0 Å². The van der Waals surface area contributed by atoms with Gasteiger partial charge >= 0.3 is 12.1 Å². The summed E-state index contributed by atoms with van der Waals surface area (Å²) in [5, 5.41) is 2.63. The molecular weight excluding hydrogens is 383 g/mol. The van der Waals surface area contributed by atoms with E-state index in [9.17, 15) is 22.8 Å². The van der Waals surface area contributed by atoms with Crippen molar-refractivity contribution in [2.45, 2.75) is 26.1 Å². The molecule has 0 radical (unpaired) electrons. The highest BCUT2D eigenvalue weighted by Crippen LogP contribution is 2.38. The number of rotatable bonds is 4. The second-order valence-corrected chi connectivity index (χ2v) is 6.83. The molecule has 0 saturated heterocycles. The van der Waals surface area contributed by atoms with Crippen LogP contribution in [0.25, 0.3) is 0 Å². The molecule has 0 saturated carbocycles. The van der Waals surface area contributed by atoms with Gasteiger partial charge in [-0.15, -0.1) is 11.3 Å². The fraction of sp³-hybridized carbons (Fsp3) is 0.333. The Kier molecular flexibility index (Phi) is 5.52. The van der Waals surface area contributed by atoms with Gasteiger partial charge in [-0.1, -0.05) is 12.1 Å². The molecule has 2 heterocycles. The third-order valence-electron chi connectivity index (χ3n) is 4.00. The van der Waals surface area contributed by atoms with Crippen molar-refractivity contribution in [2.75, 3.05) is 18.5 Å². The molecule has 1 aliphatic heterocycles. The zero-order valence-electron chi connectivity index (χ0n) is 14.3. The van der Waals surface area contributed by atoms with Gasteiger partial charge in [-0.05, 0) is 31.0 Å². The Hall–Kier alpha value is -2.39. The molecule has 1 aromatic carbocycles. The molecule has 2 aromatic rings. The largest absolute Gasteiger partial charge is 0.462 e. The molecule has 0 bridgehead atoms. The van der Waals surface area contributed by atoms with E-state index in [2.05, 4.69) is 5.32 Å². The number of carbonyl (C=O) groups is 2. The zero-order chi connectivity index (χ0) is 19.6. The van der Waals surface area contributed by atoms with Gasteiger partial charge in [0, 0.05) is 4.88 Å². The van der Waals surface area contributed by atoms with Gasteiger partial charge in [-0.3, -0.25) is 4.79 Å². The van der Waals surface area contributed by atoms with Crippen LogP contribution in [0.15, 0.2) is 24.3 Å². The molecule has 0 fully saturated rings. The molecule has 0 spiro atoms. The molecule has 1 aliphatic rings. The van der Waals surface area contributed by atoms with E-state index in [1.54, 1.807) is 6.92 Å². The number of fused-ring (bicyclic) bond motifs is 1. The molecule has 5 nitrogen and oxygen atoms in total. The number of alkyl halides is 3. The zero-order valence-corrected chi connectivity index (χ0v) is 15.1. The van der Waals surface area contributed by atoms with Crippen LogP contribution in [0.5, 0.6) is 0 Å². The number of nitrogens with one attached hydrogen (secondary N) is 1. The maximum atomic E-state index is 13.2. The molecule has 1 aromatic heterocycles. The van der Waals surface area contributed by atoms with Gasteiger partial charge in [0.05, 0.1) is 36.5 Å². The van der Waals surface area contributed by atoms with Crippen molar-refractivity contribution < 1.29 is 32.2 Å². The van der Waals surface area contributed by atoms with Crippen LogP contribution in [-0.4, -0.2) is 25.1 Å². The predicted molar refractivity (Wildman–Crippen MR) is 93.0 cm³/mol. The number of hydrogen-bond donors (Lipinski definition) is 1. The van der Waals surface area contributed by atoms with Crippen LogP contribution in [0.4, 0.5) is 18.2 Å². The molecule has 1 N–H and O–H groups in total. The minimum absolute atomic E-state index is 0.143. The third-order valence-corrected chi connectivity index (χ3v) is 5.12. The Balaban J connectivity index is 1.98. The van der Waals surface area contributed by atoms with Crippen LogP contribution in [0.1, 0.15) is 43.6 Å². The SMILES string of the molecule is CCOC(=O)c1c(NC(=O)c2ccccc2C(F)(F)F)sc2c1CCOC2. The lowest BCUT2D eigenvalue weighted by Crippen LogP contribution is -2.20. The Morgan fingerprint density at radius 2 is 2.04 bits per heavy atom. The Labute approximate surface area is 157 Å². The monoisotopic (exact) mass is 399 g/mol. The average molecular weight is 399 g/mol. The van der Waals surface area contributed by atoms with Crippen LogP contribution < -0.4 is 5.32 Å². The molecule has 9 heteroatoms. The van der Waals surface area contributed by atoms with E-state index >= 15 is 0 Å². The van der Waals surface area contributed by atoms with Gasteiger partial charge in [0.15, 0.2) is 0 Å². The highest BCUT2D eigenvalue weighted by atomic mass is 32.1. The van der Waals surface area contributed by atoms with Crippen molar-refractivity contribution in [2.24, 2.45) is 0 Å². The number of benzene rings is 1. The molecule has 27 heavy (non-hydrogen) atoms. The maximum absolute atomic E-state index is 13.2. The van der Waals surface area contributed by atoms with E-state index in [1.165, 1.54) is 12.1 Å². The Morgan fingerprint density at radius 1 is 1.30 bits per heavy atom. The summed E-state index contributed by atoms with van der Waals surface area (Å²) < 4.78 is 49.9. The maximum Gasteiger partial charge on any atom is 0.417 e. The number of anilines is 1. The smallest absolute Gasteiger partial charge is 0.417 e. The van der Waals surface area contributed by atoms with E-state index in [-0.39, 0.29) is 23.8 Å². The second kappa shape index (κ2) is 7.69. The van der Waals surface area contributed by atoms with Gasteiger partial charge in [0.25, 0.3) is 5.91 Å². The standard InChI is InChI=1S/C18H16F3NO4S/c1-2-26-17(24)14-11-7-8-25-9-13(11)27-16(14)22-15(23)10-5-3-4-6-12(10)18(19,20)21/h3-6H,2,7-9H2,1H3,(H,22,23). The molecule has 0 unspecified atom stereocenters. The highest BCUT2D eigenvalue weighted by molar-refractivity contribution is 7.17. The molecule has 3 rings (SSSR count). The van der Waals surface area contributed by atoms with Crippen molar-refractivity contribution >= 4 is 28.2 Å². The number of amides is 1. The Bertz CT molecular complexity index is 876. The summed E-state index contributed by atoms with van der Waals surface area (Å²) in [6, 6.07) is 4.50. The van der Waals surface area contributed by atoms with Gasteiger partial charge < -0.3 is 14.8 Å². The summed E-state index contributed by atoms with van der Waals surface area (Å²) in [5.41, 5.74) is -0.644. The number of halogens is 3. The van der Waals surface area contributed by atoms with E-state index < -0.39 is 29.2 Å². The summed E-state index contributed by atoms with van der Waals surface area (Å²) in [6.07, 6.45) is -4.20. The van der Waals surface area contributed by atoms with Crippen LogP contribution in [0, 0.1) is 0 Å². The van der Waals surface area contributed by atoms with E-state index in [4.69, 9.17) is 9.47 Å². The lowest BCUT2D eigenvalue weighted by molar-refractivity contribution is -0.137. The van der Waals surface area contributed by atoms with Gasteiger partial charge in [-0.25, -0.2) is 4.79 Å². The first-order valence-corrected chi connectivity index (χ1v) is 9.01. The number of carbonyl (C=O) groups excluding carboxylic acids is 2. The lowest BCUT2D eigenvalue weighted by Gasteiger charge is -2.14. The molecular formula is C18H16F3NO4S. The fourth-order valence-electron chi connectivity index (χ4n) is 2.84. The van der Waals surface area contributed by atoms with Crippen LogP contribution in [0.3, 0.4) is 0 Å². The van der Waals surface area contributed by atoms with E-state index in [0.29, 0.717) is 18.6 Å². The summed E-state index contributed by atoms with van der Waals surface area (Å²) in [7, 11) is 0. The first-order chi connectivity index (χ1) is 12.8. The quantitative estimate of drug-likeness (QED) is 0.780. The summed E-state index contributed by atoms with van der Waals surface area (Å²) >= 11 is 1.11. The van der Waals surface area contributed by atoms with Crippen molar-refractivity contribution in [1.29, 1.82) is 0 Å². The van der Waals surface area contributed by atoms with Crippen molar-refractivity contribution in [3.8, 4) is 0 Å². The van der Waals surface area contributed by atoms with Crippen LogP contribution in [0.2, 0.25) is 0 Å². The molecule has 144 valence electrons. The normalized spacial score (nSPS) is 13.8. The summed E-state index contributed by atoms with van der Waals surface area (Å²) in [6.45, 7) is 2.49. The predicted octanol–water partition coefficient (Wildman–Crippen LogP) is 4.27. The molecule has 0 atom stereocenters. The van der Waals surface area contributed by atoms with E-state index in [0.717, 1.165) is 28.3 Å². The van der Waals surface area contributed by atoms with E-state index in [1.807, 2.05) is 0 Å². The number of thiophene rings is 1. The average Bonchev–Trinajstić information content (AvgIpc) is 2.99. The first-order valence-electron chi connectivity index (χ1n) is 8.20.